The van der Waals surface area contributed by atoms with Gasteiger partial charge in [-0.3, -0.25) is 4.79 Å². The summed E-state index contributed by atoms with van der Waals surface area (Å²) in [5.41, 5.74) is -0.830. The highest BCUT2D eigenvalue weighted by atomic mass is 32.1. The van der Waals surface area contributed by atoms with Crippen molar-refractivity contribution in [1.29, 1.82) is 0 Å². The molecule has 108 valence electrons. The first-order valence-corrected chi connectivity index (χ1v) is 7.36. The first kappa shape index (κ1) is 14.7. The Morgan fingerprint density at radius 3 is 2.40 bits per heavy atom. The molecule has 0 atom stereocenters. The summed E-state index contributed by atoms with van der Waals surface area (Å²) in [6, 6.07) is 0. The van der Waals surface area contributed by atoms with Gasteiger partial charge >= 0.3 is 0 Å². The molecular formula is C14H20N4OS. The van der Waals surface area contributed by atoms with Gasteiger partial charge in [0.1, 0.15) is 5.01 Å². The SMILES string of the molecule is CC(C)(Nc1nccn(C(C)(C)C)c1=O)c1nccs1. The van der Waals surface area contributed by atoms with E-state index in [4.69, 9.17) is 0 Å². The number of thiazole rings is 1. The molecule has 2 aromatic heterocycles. The monoisotopic (exact) mass is 292 g/mol. The number of hydrogen-bond acceptors (Lipinski definition) is 5. The van der Waals surface area contributed by atoms with Gasteiger partial charge in [-0.15, -0.1) is 11.3 Å². The van der Waals surface area contributed by atoms with Gasteiger partial charge < -0.3 is 9.88 Å². The lowest BCUT2D eigenvalue weighted by atomic mass is 10.1. The summed E-state index contributed by atoms with van der Waals surface area (Å²) in [5.74, 6) is 0.350. The number of aromatic nitrogens is 3. The number of rotatable bonds is 3. The Kier molecular flexibility index (Phi) is 3.69. The van der Waals surface area contributed by atoms with Crippen LogP contribution in [0.2, 0.25) is 0 Å². The van der Waals surface area contributed by atoms with Crippen molar-refractivity contribution < 1.29 is 0 Å². The molecule has 0 saturated heterocycles. The molecule has 0 radical (unpaired) electrons. The molecule has 2 rings (SSSR count). The van der Waals surface area contributed by atoms with Crippen molar-refractivity contribution in [2.24, 2.45) is 0 Å². The Morgan fingerprint density at radius 2 is 1.85 bits per heavy atom. The van der Waals surface area contributed by atoms with Crippen LogP contribution in [0.3, 0.4) is 0 Å². The van der Waals surface area contributed by atoms with Gasteiger partial charge in [0.05, 0.1) is 5.54 Å². The van der Waals surface area contributed by atoms with E-state index in [1.165, 1.54) is 0 Å². The van der Waals surface area contributed by atoms with Gasteiger partial charge in [-0.25, -0.2) is 9.97 Å². The first-order valence-electron chi connectivity index (χ1n) is 6.48. The maximum absolute atomic E-state index is 12.5. The maximum Gasteiger partial charge on any atom is 0.293 e. The summed E-state index contributed by atoms with van der Waals surface area (Å²) in [6.45, 7) is 9.95. The van der Waals surface area contributed by atoms with Crippen LogP contribution < -0.4 is 10.9 Å². The molecule has 20 heavy (non-hydrogen) atoms. The number of anilines is 1. The second kappa shape index (κ2) is 5.01. The van der Waals surface area contributed by atoms with Crippen molar-refractivity contribution in [3.05, 3.63) is 39.3 Å². The predicted octanol–water partition coefficient (Wildman–Crippen LogP) is 2.80. The third-order valence-corrected chi connectivity index (χ3v) is 4.06. The molecule has 5 nitrogen and oxygen atoms in total. The minimum Gasteiger partial charge on any atom is -0.354 e. The largest absolute Gasteiger partial charge is 0.354 e. The lowest BCUT2D eigenvalue weighted by Gasteiger charge is -2.26. The van der Waals surface area contributed by atoms with E-state index in [1.54, 1.807) is 34.5 Å². The molecule has 0 unspecified atom stereocenters. The van der Waals surface area contributed by atoms with Gasteiger partial charge in [0.2, 0.25) is 0 Å². The first-order chi connectivity index (χ1) is 9.22. The van der Waals surface area contributed by atoms with Gasteiger partial charge in [-0.05, 0) is 34.6 Å². The van der Waals surface area contributed by atoms with Crippen LogP contribution >= 0.6 is 11.3 Å². The van der Waals surface area contributed by atoms with Crippen molar-refractivity contribution in [3.63, 3.8) is 0 Å². The van der Waals surface area contributed by atoms with E-state index in [0.717, 1.165) is 5.01 Å². The van der Waals surface area contributed by atoms with Crippen LogP contribution in [0, 0.1) is 0 Å². The molecule has 0 aliphatic rings. The van der Waals surface area contributed by atoms with Gasteiger partial charge in [0.15, 0.2) is 5.82 Å². The summed E-state index contributed by atoms with van der Waals surface area (Å²) in [7, 11) is 0. The van der Waals surface area contributed by atoms with Crippen LogP contribution in [0.5, 0.6) is 0 Å². The number of nitrogens with zero attached hydrogens (tertiary/aromatic N) is 3. The minimum absolute atomic E-state index is 0.121. The van der Waals surface area contributed by atoms with Crippen LogP contribution in [-0.2, 0) is 11.1 Å². The zero-order valence-electron chi connectivity index (χ0n) is 12.5. The van der Waals surface area contributed by atoms with Gasteiger partial charge in [0, 0.05) is 29.5 Å². The van der Waals surface area contributed by atoms with Crippen molar-refractivity contribution in [2.75, 3.05) is 5.32 Å². The van der Waals surface area contributed by atoms with Gasteiger partial charge in [0.25, 0.3) is 5.56 Å². The van der Waals surface area contributed by atoms with Crippen molar-refractivity contribution in [1.82, 2.24) is 14.5 Å². The topological polar surface area (TPSA) is 59.8 Å². The lowest BCUT2D eigenvalue weighted by molar-refractivity contribution is 0.382. The number of hydrogen-bond donors (Lipinski definition) is 1. The molecule has 0 aliphatic heterocycles. The Labute approximate surface area is 122 Å². The Hall–Kier alpha value is -1.69. The highest BCUT2D eigenvalue weighted by molar-refractivity contribution is 7.09. The molecule has 0 fully saturated rings. The van der Waals surface area contributed by atoms with E-state index in [2.05, 4.69) is 15.3 Å². The smallest absolute Gasteiger partial charge is 0.293 e. The zero-order chi connectivity index (χ0) is 15.0. The third kappa shape index (κ3) is 2.90. The highest BCUT2D eigenvalue weighted by Gasteiger charge is 2.26. The molecule has 6 heteroatoms. The van der Waals surface area contributed by atoms with Crippen molar-refractivity contribution >= 4 is 17.2 Å². The van der Waals surface area contributed by atoms with Crippen LogP contribution in [0.25, 0.3) is 0 Å². The Bertz CT molecular complexity index is 638. The second-order valence-corrected chi connectivity index (χ2v) is 7.10. The maximum atomic E-state index is 12.5. The summed E-state index contributed by atoms with van der Waals surface area (Å²) in [6.07, 6.45) is 5.12. The van der Waals surface area contributed by atoms with E-state index in [1.807, 2.05) is 40.0 Å². The lowest BCUT2D eigenvalue weighted by Crippen LogP contribution is -2.38. The average molecular weight is 292 g/mol. The molecule has 2 aromatic rings. The highest BCUT2D eigenvalue weighted by Crippen LogP contribution is 2.25. The van der Waals surface area contributed by atoms with E-state index >= 15 is 0 Å². The van der Waals surface area contributed by atoms with E-state index in [-0.39, 0.29) is 11.1 Å². The van der Waals surface area contributed by atoms with Crippen molar-refractivity contribution in [2.45, 2.75) is 45.7 Å². The molecule has 0 aromatic carbocycles. The summed E-state index contributed by atoms with van der Waals surface area (Å²) < 4.78 is 1.68. The predicted molar refractivity (Wildman–Crippen MR) is 82.3 cm³/mol. The van der Waals surface area contributed by atoms with E-state index in [9.17, 15) is 4.79 Å². The Balaban J connectivity index is 2.38. The molecule has 2 heterocycles. The molecule has 0 bridgehead atoms. The van der Waals surface area contributed by atoms with E-state index in [0.29, 0.717) is 5.82 Å². The summed E-state index contributed by atoms with van der Waals surface area (Å²) >= 11 is 1.55. The van der Waals surface area contributed by atoms with Crippen LogP contribution in [0.1, 0.15) is 39.6 Å². The van der Waals surface area contributed by atoms with E-state index < -0.39 is 5.54 Å². The van der Waals surface area contributed by atoms with Crippen LogP contribution in [0.4, 0.5) is 5.82 Å². The molecule has 1 N–H and O–H groups in total. The standard InChI is InChI=1S/C14H20N4OS/c1-13(2,3)18-8-6-15-10(11(18)19)17-14(4,5)12-16-7-9-20-12/h6-9H,1-5H3,(H,15,17). The summed E-state index contributed by atoms with van der Waals surface area (Å²) in [5, 5.41) is 6.05. The molecular weight excluding hydrogens is 272 g/mol. The van der Waals surface area contributed by atoms with Crippen LogP contribution in [-0.4, -0.2) is 14.5 Å². The number of nitrogens with one attached hydrogen (secondary N) is 1. The van der Waals surface area contributed by atoms with Gasteiger partial charge in [-0.1, -0.05) is 0 Å². The summed E-state index contributed by atoms with van der Waals surface area (Å²) in [4.78, 5) is 21.0. The molecule has 0 amide bonds. The van der Waals surface area contributed by atoms with Gasteiger partial charge in [-0.2, -0.15) is 0 Å². The fourth-order valence-electron chi connectivity index (χ4n) is 1.91. The fraction of sp³-hybridized carbons (Fsp3) is 0.500. The second-order valence-electron chi connectivity index (χ2n) is 6.21. The van der Waals surface area contributed by atoms with Crippen molar-refractivity contribution in [3.8, 4) is 0 Å². The molecule has 0 aliphatic carbocycles. The van der Waals surface area contributed by atoms with Crippen LogP contribution in [0.15, 0.2) is 28.8 Å². The fourth-order valence-corrected chi connectivity index (χ4v) is 2.63. The molecule has 0 spiro atoms. The minimum atomic E-state index is -0.433. The molecule has 0 saturated carbocycles. The zero-order valence-corrected chi connectivity index (χ0v) is 13.3. The third-order valence-electron chi connectivity index (χ3n) is 2.96. The quantitative estimate of drug-likeness (QED) is 0.945. The normalized spacial score (nSPS) is 12.4. The Morgan fingerprint density at radius 1 is 1.15 bits per heavy atom. The average Bonchev–Trinajstić information content (AvgIpc) is 2.84.